The third-order valence-corrected chi connectivity index (χ3v) is 17.4. The molecule has 1 heterocycles. The largest absolute Gasteiger partial charge is 0.462 e. The van der Waals surface area contributed by atoms with Crippen LogP contribution in [-0.4, -0.2) is 62.5 Å². The Labute approximate surface area is 490 Å². The summed E-state index contributed by atoms with van der Waals surface area (Å²) in [4.78, 5) is 50.1. The molecule has 3 aliphatic carbocycles. The fraction of sp³-hybridized carbons (Fsp3) is 0.575. The number of ketones is 3. The number of hydrogen-bond donors (Lipinski definition) is 2. The predicted octanol–water partition coefficient (Wildman–Crippen LogP) is 17.8. The van der Waals surface area contributed by atoms with Crippen molar-refractivity contribution in [1.82, 2.24) is 0 Å². The summed E-state index contributed by atoms with van der Waals surface area (Å²) in [7, 11) is 0. The number of benzene rings is 1. The Hall–Kier alpha value is -5.24. The van der Waals surface area contributed by atoms with Gasteiger partial charge in [-0.15, -0.1) is 5.73 Å². The van der Waals surface area contributed by atoms with Gasteiger partial charge in [0.2, 0.25) is 0 Å². The Morgan fingerprint density at radius 1 is 0.716 bits per heavy atom. The van der Waals surface area contributed by atoms with Crippen LogP contribution in [0.15, 0.2) is 147 Å². The van der Waals surface area contributed by atoms with Crippen LogP contribution < -0.4 is 0 Å². The highest BCUT2D eigenvalue weighted by Gasteiger charge is 2.76. The lowest BCUT2D eigenvalue weighted by atomic mass is 9.61. The van der Waals surface area contributed by atoms with Gasteiger partial charge in [0, 0.05) is 54.0 Å². The van der Waals surface area contributed by atoms with Crippen molar-refractivity contribution in [2.75, 3.05) is 0 Å². The Bertz CT molecular complexity index is 2730. The second-order valence-electron chi connectivity index (χ2n) is 26.8. The van der Waals surface area contributed by atoms with Gasteiger partial charge in [-0.05, 0) is 133 Å². The third kappa shape index (κ3) is 20.3. The van der Waals surface area contributed by atoms with Crippen molar-refractivity contribution in [3.63, 3.8) is 0 Å². The van der Waals surface area contributed by atoms with Crippen LogP contribution in [0.2, 0.25) is 0 Å². The summed E-state index contributed by atoms with van der Waals surface area (Å²) in [5.74, 6) is 2.23. The highest BCUT2D eigenvalue weighted by molar-refractivity contribution is 6.26. The van der Waals surface area contributed by atoms with Gasteiger partial charge in [-0.25, -0.2) is 0 Å². The number of allylic oxidation sites excluding steroid dienone is 18. The summed E-state index contributed by atoms with van der Waals surface area (Å²) >= 11 is 0. The molecule has 81 heavy (non-hydrogen) atoms. The minimum Gasteiger partial charge on any atom is -0.462 e. The number of fused-ring (bicyclic) bond motifs is 2. The van der Waals surface area contributed by atoms with Crippen LogP contribution in [-0.2, 0) is 19.1 Å². The molecule has 7 atom stereocenters. The van der Waals surface area contributed by atoms with E-state index in [2.05, 4.69) is 60.3 Å². The molecule has 8 heteroatoms. The Morgan fingerprint density at radius 2 is 1.26 bits per heavy atom. The second kappa shape index (κ2) is 30.4. The van der Waals surface area contributed by atoms with E-state index in [1.807, 2.05) is 127 Å². The van der Waals surface area contributed by atoms with Gasteiger partial charge in [0.05, 0.1) is 17.3 Å². The van der Waals surface area contributed by atoms with E-state index in [0.29, 0.717) is 66.4 Å². The maximum absolute atomic E-state index is 13.1. The lowest BCUT2D eigenvalue weighted by Gasteiger charge is -2.44. The van der Waals surface area contributed by atoms with Crippen molar-refractivity contribution < 1.29 is 38.9 Å². The summed E-state index contributed by atoms with van der Waals surface area (Å²) in [5, 5.41) is 21.4. The molecule has 1 aliphatic heterocycles. The normalized spacial score (nSPS) is 25.9. The van der Waals surface area contributed by atoms with Crippen LogP contribution in [0.3, 0.4) is 0 Å². The van der Waals surface area contributed by atoms with E-state index < -0.39 is 16.8 Å². The number of epoxide rings is 1. The summed E-state index contributed by atoms with van der Waals surface area (Å²) in [5.41, 5.74) is 9.04. The smallest absolute Gasteiger partial charge is 0.302 e. The molecule has 5 rings (SSSR count). The summed E-state index contributed by atoms with van der Waals surface area (Å²) in [6.45, 7) is 34.8. The van der Waals surface area contributed by atoms with Gasteiger partial charge in [-0.1, -0.05) is 208 Å². The maximum Gasteiger partial charge on any atom is 0.302 e. The molecule has 0 radical (unpaired) electrons. The Balaban J connectivity index is 0.000000374. The Morgan fingerprint density at radius 3 is 1.81 bits per heavy atom. The molecule has 444 valence electrons. The first-order valence-electron chi connectivity index (χ1n) is 30.4. The molecule has 2 unspecified atom stereocenters. The maximum atomic E-state index is 13.1. The summed E-state index contributed by atoms with van der Waals surface area (Å²) in [6.07, 6.45) is 38.0. The van der Waals surface area contributed by atoms with Crippen LogP contribution in [0.25, 0.3) is 0 Å². The van der Waals surface area contributed by atoms with Crippen LogP contribution in [0.5, 0.6) is 0 Å². The van der Waals surface area contributed by atoms with Gasteiger partial charge < -0.3 is 19.7 Å². The van der Waals surface area contributed by atoms with Crippen LogP contribution in [0.4, 0.5) is 0 Å². The quantitative estimate of drug-likeness (QED) is 0.0247. The van der Waals surface area contributed by atoms with E-state index in [1.54, 1.807) is 26.0 Å². The van der Waals surface area contributed by atoms with E-state index in [-0.39, 0.29) is 46.4 Å². The van der Waals surface area contributed by atoms with Gasteiger partial charge in [0.25, 0.3) is 0 Å². The van der Waals surface area contributed by atoms with E-state index >= 15 is 0 Å². The van der Waals surface area contributed by atoms with Crippen molar-refractivity contribution in [3.8, 4) is 0 Å². The van der Waals surface area contributed by atoms with E-state index in [9.17, 15) is 29.4 Å². The molecule has 0 bridgehead atoms. The van der Waals surface area contributed by atoms with Gasteiger partial charge in [0.1, 0.15) is 11.7 Å². The van der Waals surface area contributed by atoms with Crippen LogP contribution >= 0.6 is 0 Å². The van der Waals surface area contributed by atoms with Crippen molar-refractivity contribution in [1.29, 1.82) is 0 Å². The van der Waals surface area contributed by atoms with E-state index in [0.717, 1.165) is 46.5 Å². The minimum absolute atomic E-state index is 0.00526. The first-order valence-corrected chi connectivity index (χ1v) is 30.4. The zero-order valence-corrected chi connectivity index (χ0v) is 53.1. The zero-order chi connectivity index (χ0) is 60.5. The lowest BCUT2D eigenvalue weighted by molar-refractivity contribution is -0.152. The fourth-order valence-corrected chi connectivity index (χ4v) is 12.6. The minimum atomic E-state index is -1.11. The predicted molar refractivity (Wildman–Crippen MR) is 335 cm³/mol. The van der Waals surface area contributed by atoms with Gasteiger partial charge in [-0.2, -0.15) is 0 Å². The summed E-state index contributed by atoms with van der Waals surface area (Å²) in [6, 6.07) is 7.18. The second-order valence-corrected chi connectivity index (χ2v) is 26.8. The van der Waals surface area contributed by atoms with Gasteiger partial charge in [0.15, 0.2) is 17.3 Å². The number of aliphatic hydroxyl groups is 2. The molecule has 3 fully saturated rings. The first-order chi connectivity index (χ1) is 37.8. The average Bonchev–Trinajstić information content (AvgIpc) is 1.97. The van der Waals surface area contributed by atoms with Gasteiger partial charge >= 0.3 is 5.97 Å². The molecule has 0 spiro atoms. The molecule has 0 aromatic heterocycles. The van der Waals surface area contributed by atoms with Crippen molar-refractivity contribution in [2.24, 2.45) is 28.6 Å². The highest BCUT2D eigenvalue weighted by Crippen LogP contribution is 2.67. The molecule has 1 aromatic carbocycles. The molecule has 2 saturated carbocycles. The van der Waals surface area contributed by atoms with Crippen molar-refractivity contribution in [3.05, 3.63) is 159 Å². The molecular weight excluding hydrogens is 1000 g/mol. The molecule has 8 nitrogen and oxygen atoms in total. The number of Topliss-reactive ketones (excluding diaryl/α,β-unsaturated/α-hetero) is 3. The monoisotopic (exact) mass is 1110 g/mol. The molecule has 1 saturated heterocycles. The lowest BCUT2D eigenvalue weighted by Crippen LogP contribution is -2.48. The Kier molecular flexibility index (Phi) is 25.6. The molecule has 1 aromatic rings. The molecule has 2 N–H and O–H groups in total. The SMILES string of the molecule is CC(=CCC1=C(C)C(=O)c2ccccc2C1=O)CCCC(C)CCCC(C)CCCC(C)C.CC(=O)O[C@H]1CC(C)(C)C(=C=C/C(C)=C/C=C/C(C)=C/C=C/C=C(C)/C=C/C=C(\C)C(=O)C[C@@]23O[C@]2(C)C[C@@H](O)CC3(C)C)[C@](C)(O)C1. The van der Waals surface area contributed by atoms with Crippen LogP contribution in [0, 0.1) is 28.6 Å². The number of carbonyl (C=O) groups is 4. The van der Waals surface area contributed by atoms with E-state index in [4.69, 9.17) is 9.47 Å². The molecule has 4 aliphatic rings. The first kappa shape index (κ1) is 68.3. The number of esters is 1. The number of ether oxygens (including phenoxy) is 2. The number of carbonyl (C=O) groups excluding carboxylic acids is 4. The standard InChI is InChI=1S/C42H58O6.C31H46O2/c1-29(18-14-19-31(3)22-23-37-38(6,7)26-35(47-33(5)43)27-40(37,10)46)16-12-13-17-30(2)20-15-21-32(4)36(45)28-42-39(8,9)24-34(44)25-41(42,11)48-42;1-22(2)12-9-13-23(3)14-10-15-24(4)16-11-17-25(5)20-21-27-26(6)30(32)28-18-7-8-19-29(28)31(27)33/h12-22,34-35,44,46H,24-28H2,1-11H3;7-8,18-20,22-24H,9-17,21H2,1-6H3/b13-12+,18-14+,20-15+,29-16+,30-17+,31-19+,32-21+;/t23?,34-,35-,40+,41+,42-;/m0./s1. The fourth-order valence-electron chi connectivity index (χ4n) is 12.6. The topological polar surface area (TPSA) is 130 Å². The van der Waals surface area contributed by atoms with Crippen molar-refractivity contribution >= 4 is 23.3 Å². The third-order valence-electron chi connectivity index (χ3n) is 17.4. The molecular formula is C73H104O8. The van der Waals surface area contributed by atoms with Crippen molar-refractivity contribution in [2.45, 2.75) is 243 Å². The van der Waals surface area contributed by atoms with Gasteiger partial charge in [-0.3, -0.25) is 19.2 Å². The number of hydrogen-bond acceptors (Lipinski definition) is 8. The highest BCUT2D eigenvalue weighted by atomic mass is 16.6. The summed E-state index contributed by atoms with van der Waals surface area (Å²) < 4.78 is 11.6. The average molecular weight is 1110 g/mol. The number of aliphatic hydroxyl groups excluding tert-OH is 1. The van der Waals surface area contributed by atoms with Crippen LogP contribution in [0.1, 0.15) is 235 Å². The number of rotatable bonds is 25. The zero-order valence-electron chi connectivity index (χ0n) is 53.1. The molecule has 0 amide bonds. The van der Waals surface area contributed by atoms with E-state index in [1.165, 1.54) is 63.9 Å².